The van der Waals surface area contributed by atoms with Crippen LogP contribution in [0.5, 0.6) is 0 Å². The third kappa shape index (κ3) is 2.67. The van der Waals surface area contributed by atoms with Gasteiger partial charge >= 0.3 is 5.97 Å². The lowest BCUT2D eigenvalue weighted by Gasteiger charge is -2.37. The zero-order valence-electron chi connectivity index (χ0n) is 16.6. The number of carboxylic acids is 1. The van der Waals surface area contributed by atoms with E-state index in [4.69, 9.17) is 0 Å². The molecule has 4 aliphatic rings. The van der Waals surface area contributed by atoms with Gasteiger partial charge in [-0.3, -0.25) is 9.59 Å². The molecule has 2 N–H and O–H groups in total. The first kappa shape index (κ1) is 19.4. The molecule has 0 amide bonds. The van der Waals surface area contributed by atoms with Gasteiger partial charge in [-0.05, 0) is 45.1 Å². The molecule has 7 nitrogen and oxygen atoms in total. The molecular formula is C21H23F2N3O4. The van der Waals surface area contributed by atoms with Gasteiger partial charge in [0.25, 0.3) is 0 Å². The minimum Gasteiger partial charge on any atom is -0.479 e. The van der Waals surface area contributed by atoms with Crippen LogP contribution in [0.25, 0.3) is 0 Å². The van der Waals surface area contributed by atoms with E-state index in [2.05, 4.69) is 5.32 Å². The molecule has 3 aliphatic heterocycles. The van der Waals surface area contributed by atoms with Gasteiger partial charge in [-0.15, -0.1) is 0 Å². The Morgan fingerprint density at radius 1 is 1.10 bits per heavy atom. The molecule has 1 saturated carbocycles. The van der Waals surface area contributed by atoms with Crippen LogP contribution in [-0.2, 0) is 9.59 Å². The number of fused-ring (bicyclic) bond motifs is 2. The van der Waals surface area contributed by atoms with Crippen molar-refractivity contribution in [2.75, 3.05) is 29.4 Å². The van der Waals surface area contributed by atoms with Gasteiger partial charge in [-0.2, -0.15) is 0 Å². The molecule has 3 atom stereocenters. The van der Waals surface area contributed by atoms with E-state index in [1.54, 1.807) is 4.90 Å². The minimum atomic E-state index is -1.77. The first-order valence-corrected chi connectivity index (χ1v) is 10.4. The van der Waals surface area contributed by atoms with Crippen LogP contribution in [0, 0.1) is 24.5 Å². The van der Waals surface area contributed by atoms with E-state index in [1.165, 1.54) is 11.8 Å². The van der Waals surface area contributed by atoms with Crippen molar-refractivity contribution in [3.05, 3.63) is 22.8 Å². The van der Waals surface area contributed by atoms with E-state index in [0.717, 1.165) is 19.4 Å². The van der Waals surface area contributed by atoms with E-state index in [0.29, 0.717) is 25.9 Å². The van der Waals surface area contributed by atoms with Crippen LogP contribution in [0.4, 0.5) is 20.2 Å². The number of nitrogens with zero attached hydrogens (tertiary/aromatic N) is 2. The molecule has 1 aromatic rings. The van der Waals surface area contributed by atoms with Gasteiger partial charge in [0.15, 0.2) is 17.7 Å². The summed E-state index contributed by atoms with van der Waals surface area (Å²) in [6.45, 7) is 3.16. The highest BCUT2D eigenvalue weighted by Gasteiger charge is 2.52. The lowest BCUT2D eigenvalue weighted by molar-refractivity contribution is -0.141. The molecule has 2 saturated heterocycles. The van der Waals surface area contributed by atoms with Crippen LogP contribution in [0.2, 0.25) is 0 Å². The average Bonchev–Trinajstić information content (AvgIpc) is 3.46. The summed E-state index contributed by atoms with van der Waals surface area (Å²) in [6, 6.07) is -1.98. The Morgan fingerprint density at radius 3 is 2.47 bits per heavy atom. The van der Waals surface area contributed by atoms with Gasteiger partial charge in [-0.25, -0.2) is 13.6 Å². The fraction of sp³-hybridized carbons (Fsp3) is 0.571. The average molecular weight is 419 g/mol. The third-order valence-electron chi connectivity index (χ3n) is 6.89. The topological polar surface area (TPSA) is 90.0 Å². The van der Waals surface area contributed by atoms with Gasteiger partial charge in [0.2, 0.25) is 11.6 Å². The Kier molecular flexibility index (Phi) is 4.36. The van der Waals surface area contributed by atoms with Gasteiger partial charge < -0.3 is 20.2 Å². The number of aliphatic carboxylic acids is 1. The summed E-state index contributed by atoms with van der Waals surface area (Å²) >= 11 is 0. The van der Waals surface area contributed by atoms with E-state index >= 15 is 8.78 Å². The molecule has 0 spiro atoms. The van der Waals surface area contributed by atoms with E-state index in [9.17, 15) is 19.5 Å². The normalized spacial score (nSPS) is 28.6. The number of piperidine rings is 1. The number of Topliss-reactive ketones (excluding diaryl/α,β-unsaturated/α-hetero) is 2. The molecule has 160 valence electrons. The molecule has 1 aromatic carbocycles. The number of carboxylic acid groups (broad SMARTS) is 1. The standard InChI is InChI=1S/C21H23F2N3O4/c1-9-13-16(26(11-4-5-11)18(21(29)30)20(28)19(13)27)15(23)17(14(9)22)25-7-10-3-2-6-24-12(10)8-25/h10-12,18,24H,2-8H2,1H3,(H,29,30). The van der Waals surface area contributed by atoms with Gasteiger partial charge in [-0.1, -0.05) is 0 Å². The van der Waals surface area contributed by atoms with Crippen molar-refractivity contribution >= 4 is 28.9 Å². The minimum absolute atomic E-state index is 0.0999. The Hall–Kier alpha value is -2.55. The Bertz CT molecular complexity index is 964. The largest absolute Gasteiger partial charge is 0.479 e. The van der Waals surface area contributed by atoms with E-state index < -0.39 is 35.2 Å². The Balaban J connectivity index is 1.68. The van der Waals surface area contributed by atoms with Crippen LogP contribution in [0.1, 0.15) is 41.6 Å². The Labute approximate surface area is 172 Å². The molecular weight excluding hydrogens is 396 g/mol. The lowest BCUT2D eigenvalue weighted by Crippen LogP contribution is -2.55. The van der Waals surface area contributed by atoms with Gasteiger partial charge in [0.05, 0.1) is 11.3 Å². The highest BCUT2D eigenvalue weighted by Crippen LogP contribution is 2.46. The first-order chi connectivity index (χ1) is 14.3. The number of halogens is 2. The van der Waals surface area contributed by atoms with Crippen LogP contribution < -0.4 is 15.1 Å². The summed E-state index contributed by atoms with van der Waals surface area (Å²) in [7, 11) is 0. The number of anilines is 2. The molecule has 30 heavy (non-hydrogen) atoms. The van der Waals surface area contributed by atoms with Crippen LogP contribution in [-0.4, -0.2) is 60.4 Å². The maximum Gasteiger partial charge on any atom is 0.334 e. The number of benzene rings is 1. The fourth-order valence-electron chi connectivity index (χ4n) is 5.29. The van der Waals surface area contributed by atoms with Crippen LogP contribution in [0.15, 0.2) is 0 Å². The molecule has 0 radical (unpaired) electrons. The van der Waals surface area contributed by atoms with Crippen molar-refractivity contribution in [3.63, 3.8) is 0 Å². The quantitative estimate of drug-likeness (QED) is 0.569. The highest BCUT2D eigenvalue weighted by atomic mass is 19.1. The van der Waals surface area contributed by atoms with Crippen LogP contribution in [0.3, 0.4) is 0 Å². The molecule has 3 fully saturated rings. The van der Waals surface area contributed by atoms with Crippen molar-refractivity contribution in [3.8, 4) is 0 Å². The number of ketones is 2. The van der Waals surface area contributed by atoms with Gasteiger partial charge in [0, 0.05) is 30.7 Å². The molecule has 0 aromatic heterocycles. The molecule has 9 heteroatoms. The first-order valence-electron chi connectivity index (χ1n) is 10.4. The summed E-state index contributed by atoms with van der Waals surface area (Å²) in [5.74, 6) is -5.28. The van der Waals surface area contributed by atoms with Crippen molar-refractivity contribution in [2.45, 2.75) is 50.7 Å². The van der Waals surface area contributed by atoms with Crippen molar-refractivity contribution in [1.29, 1.82) is 0 Å². The number of hydrogen-bond acceptors (Lipinski definition) is 6. The van der Waals surface area contributed by atoms with Crippen molar-refractivity contribution in [1.82, 2.24) is 5.32 Å². The molecule has 5 rings (SSSR count). The molecule has 3 heterocycles. The second-order valence-corrected chi connectivity index (χ2v) is 8.77. The number of carbonyl (C=O) groups excluding carboxylic acids is 2. The summed E-state index contributed by atoms with van der Waals surface area (Å²) in [5, 5.41) is 13.0. The molecule has 1 aliphatic carbocycles. The zero-order valence-corrected chi connectivity index (χ0v) is 16.6. The van der Waals surface area contributed by atoms with Gasteiger partial charge in [0.1, 0.15) is 5.69 Å². The van der Waals surface area contributed by atoms with E-state index in [-0.39, 0.29) is 40.5 Å². The fourth-order valence-corrected chi connectivity index (χ4v) is 5.29. The zero-order chi connectivity index (χ0) is 21.3. The highest BCUT2D eigenvalue weighted by molar-refractivity contribution is 6.51. The number of hydrogen-bond donors (Lipinski definition) is 2. The van der Waals surface area contributed by atoms with Crippen molar-refractivity contribution in [2.24, 2.45) is 5.92 Å². The predicted molar refractivity (Wildman–Crippen MR) is 104 cm³/mol. The number of nitrogens with one attached hydrogen (secondary N) is 1. The number of rotatable bonds is 3. The Morgan fingerprint density at radius 2 is 1.83 bits per heavy atom. The predicted octanol–water partition coefficient (Wildman–Crippen LogP) is 1.65. The summed E-state index contributed by atoms with van der Waals surface area (Å²) in [5.41, 5.74) is -0.888. The SMILES string of the molecule is Cc1c(F)c(N2CC3CCCNC3C2)c(F)c2c1C(=O)C(=O)C(C(=O)O)N2C1CC1. The lowest BCUT2D eigenvalue weighted by atomic mass is 9.88. The van der Waals surface area contributed by atoms with Crippen molar-refractivity contribution < 1.29 is 28.3 Å². The second kappa shape index (κ2) is 6.73. The maximum atomic E-state index is 15.9. The summed E-state index contributed by atoms with van der Waals surface area (Å²) in [4.78, 5) is 39.9. The smallest absolute Gasteiger partial charge is 0.334 e. The monoisotopic (exact) mass is 419 g/mol. The summed E-state index contributed by atoms with van der Waals surface area (Å²) in [6.07, 6.45) is 3.17. The maximum absolute atomic E-state index is 15.9. The molecule has 3 unspecified atom stereocenters. The second-order valence-electron chi connectivity index (χ2n) is 8.77. The number of carbonyl (C=O) groups is 3. The van der Waals surface area contributed by atoms with Crippen LogP contribution >= 0.6 is 0 Å². The van der Waals surface area contributed by atoms with E-state index in [1.807, 2.05) is 0 Å². The molecule has 0 bridgehead atoms. The third-order valence-corrected chi connectivity index (χ3v) is 6.89. The summed E-state index contributed by atoms with van der Waals surface area (Å²) < 4.78 is 31.3.